The van der Waals surface area contributed by atoms with Crippen LogP contribution in [0.3, 0.4) is 0 Å². The van der Waals surface area contributed by atoms with E-state index in [1.165, 1.54) is 0 Å². The molecule has 0 aliphatic heterocycles. The maximum absolute atomic E-state index is 11.6. The number of benzene rings is 1. The first-order valence-electron chi connectivity index (χ1n) is 9.42. The minimum absolute atomic E-state index is 0.215. The van der Waals surface area contributed by atoms with Gasteiger partial charge in [0.15, 0.2) is 5.69 Å². The van der Waals surface area contributed by atoms with E-state index in [9.17, 15) is 9.90 Å². The number of para-hydroxylation sites is 2. The Hall–Kier alpha value is -2.67. The predicted octanol–water partition coefficient (Wildman–Crippen LogP) is 2.48. The predicted molar refractivity (Wildman–Crippen MR) is 103 cm³/mol. The van der Waals surface area contributed by atoms with Crippen molar-refractivity contribution in [3.8, 4) is 0 Å². The lowest BCUT2D eigenvalue weighted by Crippen LogP contribution is -2.37. The summed E-state index contributed by atoms with van der Waals surface area (Å²) in [6.07, 6.45) is 2.58. The number of hydrogen-bond acceptors (Lipinski definition) is 4. The Balaban J connectivity index is 1.57. The van der Waals surface area contributed by atoms with Crippen LogP contribution in [-0.4, -0.2) is 48.4 Å². The van der Waals surface area contributed by atoms with Gasteiger partial charge < -0.3 is 9.67 Å². The van der Waals surface area contributed by atoms with Crippen molar-refractivity contribution in [3.63, 3.8) is 0 Å². The smallest absolute Gasteiger partial charge is 0.356 e. The largest absolute Gasteiger partial charge is 0.476 e. The van der Waals surface area contributed by atoms with Gasteiger partial charge in [-0.1, -0.05) is 12.1 Å². The van der Waals surface area contributed by atoms with Crippen LogP contribution in [0.15, 0.2) is 24.3 Å². The number of fused-ring (bicyclic) bond motifs is 2. The lowest BCUT2D eigenvalue weighted by Gasteiger charge is -2.31. The lowest BCUT2D eigenvalue weighted by molar-refractivity contribution is 0.0687. The van der Waals surface area contributed by atoms with E-state index in [0.29, 0.717) is 6.54 Å². The highest BCUT2D eigenvalue weighted by atomic mass is 16.4. The quantitative estimate of drug-likeness (QED) is 0.750. The van der Waals surface area contributed by atoms with E-state index in [1.807, 2.05) is 36.9 Å². The molecule has 2 aromatic heterocycles. The average molecular weight is 367 g/mol. The zero-order valence-electron chi connectivity index (χ0n) is 16.0. The molecule has 3 aromatic rings. The molecule has 2 heterocycles. The molecule has 1 aromatic carbocycles. The maximum atomic E-state index is 11.6. The Morgan fingerprint density at radius 1 is 1.37 bits per heavy atom. The number of likely N-dealkylation sites (N-methyl/N-ethyl adjacent to an activating group) is 1. The van der Waals surface area contributed by atoms with Gasteiger partial charge in [-0.3, -0.25) is 9.58 Å². The summed E-state index contributed by atoms with van der Waals surface area (Å²) in [6, 6.07) is 8.43. The van der Waals surface area contributed by atoms with Crippen molar-refractivity contribution in [2.45, 2.75) is 45.3 Å². The van der Waals surface area contributed by atoms with Crippen LogP contribution >= 0.6 is 0 Å². The monoisotopic (exact) mass is 367 g/mol. The number of aromatic nitrogens is 4. The fourth-order valence-corrected chi connectivity index (χ4v) is 4.17. The normalized spacial score (nSPS) is 16.8. The Kier molecular flexibility index (Phi) is 4.47. The molecule has 4 rings (SSSR count). The van der Waals surface area contributed by atoms with Crippen molar-refractivity contribution in [3.05, 3.63) is 47.0 Å². The van der Waals surface area contributed by atoms with Gasteiger partial charge in [-0.15, -0.1) is 0 Å². The van der Waals surface area contributed by atoms with Crippen LogP contribution in [0.1, 0.15) is 40.9 Å². The lowest BCUT2D eigenvalue weighted by atomic mass is 9.90. The Labute approximate surface area is 158 Å². The molecule has 1 atom stereocenters. The third kappa shape index (κ3) is 3.02. The van der Waals surface area contributed by atoms with Crippen LogP contribution in [0.5, 0.6) is 0 Å². The molecule has 0 fully saturated rings. The van der Waals surface area contributed by atoms with E-state index in [-0.39, 0.29) is 11.7 Å². The minimum Gasteiger partial charge on any atom is -0.476 e. The Morgan fingerprint density at radius 2 is 2.15 bits per heavy atom. The molecule has 0 saturated heterocycles. The van der Waals surface area contributed by atoms with Gasteiger partial charge in [0.25, 0.3) is 0 Å². The van der Waals surface area contributed by atoms with Crippen LogP contribution in [-0.2, 0) is 33.0 Å². The Bertz CT molecular complexity index is 1000. The number of rotatable bonds is 5. The number of carboxylic acids is 1. The maximum Gasteiger partial charge on any atom is 0.356 e. The molecular formula is C20H25N5O2. The molecule has 1 aliphatic rings. The highest BCUT2D eigenvalue weighted by molar-refractivity contribution is 5.87. The van der Waals surface area contributed by atoms with Gasteiger partial charge in [0.05, 0.1) is 17.6 Å². The van der Waals surface area contributed by atoms with Gasteiger partial charge in [0.1, 0.15) is 5.82 Å². The van der Waals surface area contributed by atoms with Gasteiger partial charge >= 0.3 is 5.97 Å². The average Bonchev–Trinajstić information content (AvgIpc) is 3.19. The molecule has 0 amide bonds. The van der Waals surface area contributed by atoms with Crippen molar-refractivity contribution < 1.29 is 9.90 Å². The number of nitrogens with zero attached hydrogens (tertiary/aromatic N) is 5. The van der Waals surface area contributed by atoms with Crippen molar-refractivity contribution >= 4 is 17.0 Å². The summed E-state index contributed by atoms with van der Waals surface area (Å²) >= 11 is 0. The van der Waals surface area contributed by atoms with Gasteiger partial charge in [0.2, 0.25) is 0 Å². The Morgan fingerprint density at radius 3 is 2.85 bits per heavy atom. The SMILES string of the molecule is CCn1nc(C(=O)O)c2c1CC[C@H](N(C)Cc1nc3ccccc3n1C)C2. The van der Waals surface area contributed by atoms with E-state index < -0.39 is 5.97 Å². The molecule has 1 N–H and O–H groups in total. The summed E-state index contributed by atoms with van der Waals surface area (Å²) in [5.74, 6) is 0.0873. The molecule has 0 bridgehead atoms. The number of hydrogen-bond donors (Lipinski definition) is 1. The third-order valence-electron chi connectivity index (χ3n) is 5.72. The fourth-order valence-electron chi connectivity index (χ4n) is 4.17. The molecule has 0 saturated carbocycles. The number of carbonyl (C=O) groups is 1. The van der Waals surface area contributed by atoms with Crippen molar-refractivity contribution in [1.82, 2.24) is 24.2 Å². The zero-order chi connectivity index (χ0) is 19.1. The molecular weight excluding hydrogens is 342 g/mol. The molecule has 1 aliphatic carbocycles. The van der Waals surface area contributed by atoms with Crippen LogP contribution in [0.25, 0.3) is 11.0 Å². The molecule has 27 heavy (non-hydrogen) atoms. The van der Waals surface area contributed by atoms with Gasteiger partial charge in [-0.05, 0) is 45.4 Å². The topological polar surface area (TPSA) is 76.2 Å². The molecule has 142 valence electrons. The summed E-state index contributed by atoms with van der Waals surface area (Å²) in [5.41, 5.74) is 4.34. The highest BCUT2D eigenvalue weighted by Gasteiger charge is 2.30. The first-order valence-corrected chi connectivity index (χ1v) is 9.42. The van der Waals surface area contributed by atoms with Gasteiger partial charge in [-0.2, -0.15) is 5.10 Å². The second-order valence-electron chi connectivity index (χ2n) is 7.28. The van der Waals surface area contributed by atoms with E-state index in [0.717, 1.165) is 53.9 Å². The van der Waals surface area contributed by atoms with Crippen molar-refractivity contribution in [1.29, 1.82) is 0 Å². The van der Waals surface area contributed by atoms with Crippen molar-refractivity contribution in [2.24, 2.45) is 7.05 Å². The molecule has 7 heteroatoms. The summed E-state index contributed by atoms with van der Waals surface area (Å²) in [6.45, 7) is 3.44. The third-order valence-corrected chi connectivity index (χ3v) is 5.72. The summed E-state index contributed by atoms with van der Waals surface area (Å²) in [7, 11) is 4.14. The summed E-state index contributed by atoms with van der Waals surface area (Å²) in [5, 5.41) is 13.8. The second-order valence-corrected chi connectivity index (χ2v) is 7.28. The zero-order valence-corrected chi connectivity index (χ0v) is 16.0. The van der Waals surface area contributed by atoms with Crippen LogP contribution in [0, 0.1) is 0 Å². The van der Waals surface area contributed by atoms with Gasteiger partial charge in [-0.25, -0.2) is 9.78 Å². The van der Waals surface area contributed by atoms with Crippen molar-refractivity contribution in [2.75, 3.05) is 7.05 Å². The number of aryl methyl sites for hydroxylation is 2. The first kappa shape index (κ1) is 17.7. The first-order chi connectivity index (χ1) is 13.0. The van der Waals surface area contributed by atoms with E-state index in [4.69, 9.17) is 4.98 Å². The van der Waals surface area contributed by atoms with E-state index in [2.05, 4.69) is 27.7 Å². The summed E-state index contributed by atoms with van der Waals surface area (Å²) in [4.78, 5) is 18.7. The van der Waals surface area contributed by atoms with Crippen LogP contribution in [0.4, 0.5) is 0 Å². The van der Waals surface area contributed by atoms with Crippen LogP contribution in [0.2, 0.25) is 0 Å². The highest BCUT2D eigenvalue weighted by Crippen LogP contribution is 2.28. The van der Waals surface area contributed by atoms with E-state index in [1.54, 1.807) is 0 Å². The fraction of sp³-hybridized carbons (Fsp3) is 0.450. The second kappa shape index (κ2) is 6.81. The standard InChI is InChI=1S/C20H25N5O2/c1-4-25-16-10-9-13(11-14(16)19(22-25)20(26)27)23(2)12-18-21-15-7-5-6-8-17(15)24(18)3/h5-8,13H,4,9-12H2,1-3H3,(H,26,27)/t13-/m0/s1. The van der Waals surface area contributed by atoms with Crippen LogP contribution < -0.4 is 0 Å². The van der Waals surface area contributed by atoms with E-state index >= 15 is 0 Å². The molecule has 0 unspecified atom stereocenters. The molecule has 0 spiro atoms. The minimum atomic E-state index is -0.933. The number of aromatic carboxylic acids is 1. The van der Waals surface area contributed by atoms with Gasteiger partial charge in [0, 0.05) is 30.9 Å². The summed E-state index contributed by atoms with van der Waals surface area (Å²) < 4.78 is 3.98. The molecule has 0 radical (unpaired) electrons. The molecule has 7 nitrogen and oxygen atoms in total. The number of carboxylic acid groups (broad SMARTS) is 1. The number of imidazole rings is 1.